The number of esters is 1. The van der Waals surface area contributed by atoms with Gasteiger partial charge in [0.2, 0.25) is 0 Å². The average molecular weight is 342 g/mol. The molecule has 0 bridgehead atoms. The van der Waals surface area contributed by atoms with Crippen LogP contribution in [0, 0.1) is 5.92 Å². The largest absolute Gasteiger partial charge is 0.426 e. The number of benzene rings is 3. The maximum absolute atomic E-state index is 12.6. The molecule has 1 aliphatic carbocycles. The predicted octanol–water partition coefficient (Wildman–Crippen LogP) is 5.60. The molecule has 3 aromatic carbocycles. The highest BCUT2D eigenvalue weighted by Crippen LogP contribution is 2.51. The van der Waals surface area contributed by atoms with E-state index < -0.39 is 0 Å². The molecule has 0 heterocycles. The Bertz CT molecular complexity index is 898. The maximum atomic E-state index is 12.6. The number of carbonyl (C=O) groups excluding carboxylic acids is 1. The third kappa shape index (κ3) is 2.72. The first kappa shape index (κ1) is 16.6. The Balaban J connectivity index is 1.64. The van der Waals surface area contributed by atoms with Gasteiger partial charge >= 0.3 is 5.97 Å². The van der Waals surface area contributed by atoms with Crippen LogP contribution in [-0.4, -0.2) is 5.97 Å². The van der Waals surface area contributed by atoms with Gasteiger partial charge in [-0.05, 0) is 40.8 Å². The number of carbonyl (C=O) groups is 1. The monoisotopic (exact) mass is 342 g/mol. The highest BCUT2D eigenvalue weighted by Gasteiger charge is 2.41. The minimum Gasteiger partial charge on any atom is -0.426 e. The van der Waals surface area contributed by atoms with E-state index in [1.807, 2.05) is 37.3 Å². The fourth-order valence-corrected chi connectivity index (χ4v) is 4.16. The highest BCUT2D eigenvalue weighted by molar-refractivity contribution is 5.82. The maximum Gasteiger partial charge on any atom is 0.314 e. The van der Waals surface area contributed by atoms with E-state index in [4.69, 9.17) is 4.74 Å². The second-order valence-electron chi connectivity index (χ2n) is 7.26. The quantitative estimate of drug-likeness (QED) is 0.455. The van der Waals surface area contributed by atoms with Gasteiger partial charge in [-0.1, -0.05) is 80.6 Å². The molecule has 4 rings (SSSR count). The third-order valence-electron chi connectivity index (χ3n) is 5.41. The standard InChI is InChI=1S/C24H22O2/c1-17(23(25)26-18-10-4-3-5-11-18)16-24(2)21-14-8-6-12-19(21)20-13-7-9-15-22(20)24/h3-15,17H,16H2,1-2H3. The SMILES string of the molecule is CC(CC1(C)c2ccccc2-c2ccccc21)C(=O)Oc1ccccc1. The smallest absolute Gasteiger partial charge is 0.314 e. The molecule has 26 heavy (non-hydrogen) atoms. The van der Waals surface area contributed by atoms with Gasteiger partial charge in [-0.25, -0.2) is 0 Å². The third-order valence-corrected chi connectivity index (χ3v) is 5.41. The van der Waals surface area contributed by atoms with E-state index in [2.05, 4.69) is 55.5 Å². The van der Waals surface area contributed by atoms with Crippen molar-refractivity contribution < 1.29 is 9.53 Å². The fourth-order valence-electron chi connectivity index (χ4n) is 4.16. The van der Waals surface area contributed by atoms with Crippen molar-refractivity contribution in [3.8, 4) is 16.9 Å². The first-order valence-electron chi connectivity index (χ1n) is 9.06. The van der Waals surface area contributed by atoms with Crippen LogP contribution >= 0.6 is 0 Å². The Morgan fingerprint density at radius 3 is 1.92 bits per heavy atom. The van der Waals surface area contributed by atoms with Crippen molar-refractivity contribution in [1.82, 2.24) is 0 Å². The molecule has 0 amide bonds. The number of hydrogen-bond donors (Lipinski definition) is 0. The van der Waals surface area contributed by atoms with Crippen molar-refractivity contribution in [2.45, 2.75) is 25.7 Å². The van der Waals surface area contributed by atoms with Gasteiger partial charge < -0.3 is 4.74 Å². The predicted molar refractivity (Wildman–Crippen MR) is 104 cm³/mol. The molecule has 0 aromatic heterocycles. The lowest BCUT2D eigenvalue weighted by atomic mass is 9.74. The Hall–Kier alpha value is -2.87. The first-order chi connectivity index (χ1) is 12.6. The lowest BCUT2D eigenvalue weighted by molar-refractivity contribution is -0.138. The van der Waals surface area contributed by atoms with E-state index in [0.29, 0.717) is 12.2 Å². The van der Waals surface area contributed by atoms with Crippen LogP contribution in [0.15, 0.2) is 78.9 Å². The van der Waals surface area contributed by atoms with Crippen molar-refractivity contribution in [3.63, 3.8) is 0 Å². The summed E-state index contributed by atoms with van der Waals surface area (Å²) >= 11 is 0. The van der Waals surface area contributed by atoms with E-state index in [1.54, 1.807) is 0 Å². The summed E-state index contributed by atoms with van der Waals surface area (Å²) in [4.78, 5) is 12.6. The van der Waals surface area contributed by atoms with Crippen LogP contribution in [0.5, 0.6) is 5.75 Å². The second-order valence-corrected chi connectivity index (χ2v) is 7.26. The minimum atomic E-state index is -0.209. The van der Waals surface area contributed by atoms with Crippen molar-refractivity contribution in [2.24, 2.45) is 5.92 Å². The van der Waals surface area contributed by atoms with Gasteiger partial charge in [-0.2, -0.15) is 0 Å². The van der Waals surface area contributed by atoms with Crippen LogP contribution < -0.4 is 4.74 Å². The number of fused-ring (bicyclic) bond motifs is 3. The van der Waals surface area contributed by atoms with Crippen molar-refractivity contribution in [2.75, 3.05) is 0 Å². The zero-order chi connectivity index (χ0) is 18.1. The molecule has 0 spiro atoms. The molecular weight excluding hydrogens is 320 g/mol. The molecule has 1 unspecified atom stereocenters. The zero-order valence-corrected chi connectivity index (χ0v) is 15.1. The molecule has 1 aliphatic rings. The molecular formula is C24H22O2. The normalized spacial score (nSPS) is 15.0. The summed E-state index contributed by atoms with van der Waals surface area (Å²) < 4.78 is 5.57. The van der Waals surface area contributed by atoms with E-state index in [1.165, 1.54) is 22.3 Å². The number of hydrogen-bond acceptors (Lipinski definition) is 2. The summed E-state index contributed by atoms with van der Waals surface area (Å²) in [5, 5.41) is 0. The van der Waals surface area contributed by atoms with Gasteiger partial charge in [0.1, 0.15) is 5.75 Å². The van der Waals surface area contributed by atoms with Gasteiger partial charge in [0.15, 0.2) is 0 Å². The molecule has 3 aromatic rings. The molecule has 2 nitrogen and oxygen atoms in total. The van der Waals surface area contributed by atoms with E-state index in [9.17, 15) is 4.79 Å². The van der Waals surface area contributed by atoms with Crippen LogP contribution in [0.4, 0.5) is 0 Å². The first-order valence-corrected chi connectivity index (χ1v) is 9.06. The van der Waals surface area contributed by atoms with Gasteiger partial charge in [-0.15, -0.1) is 0 Å². The Morgan fingerprint density at radius 2 is 1.35 bits per heavy atom. The van der Waals surface area contributed by atoms with Crippen LogP contribution in [-0.2, 0) is 10.2 Å². The van der Waals surface area contributed by atoms with E-state index in [-0.39, 0.29) is 17.3 Å². The summed E-state index contributed by atoms with van der Waals surface area (Å²) in [5.41, 5.74) is 4.94. The van der Waals surface area contributed by atoms with Crippen molar-refractivity contribution in [3.05, 3.63) is 90.0 Å². The van der Waals surface area contributed by atoms with Gasteiger partial charge in [0, 0.05) is 5.41 Å². The number of para-hydroxylation sites is 1. The van der Waals surface area contributed by atoms with Crippen LogP contribution in [0.2, 0.25) is 0 Å². The molecule has 1 atom stereocenters. The number of rotatable bonds is 4. The molecule has 130 valence electrons. The number of ether oxygens (including phenoxy) is 1. The lowest BCUT2D eigenvalue weighted by Gasteiger charge is -2.29. The van der Waals surface area contributed by atoms with Gasteiger partial charge in [-0.3, -0.25) is 4.79 Å². The van der Waals surface area contributed by atoms with Crippen molar-refractivity contribution >= 4 is 5.97 Å². The Morgan fingerprint density at radius 1 is 0.846 bits per heavy atom. The molecule has 0 saturated carbocycles. The van der Waals surface area contributed by atoms with Gasteiger partial charge in [0.05, 0.1) is 5.92 Å². The zero-order valence-electron chi connectivity index (χ0n) is 15.1. The molecule has 2 heteroatoms. The van der Waals surface area contributed by atoms with Crippen LogP contribution in [0.3, 0.4) is 0 Å². The average Bonchev–Trinajstić information content (AvgIpc) is 2.92. The van der Waals surface area contributed by atoms with E-state index in [0.717, 1.165) is 0 Å². The molecule has 0 N–H and O–H groups in total. The summed E-state index contributed by atoms with van der Waals surface area (Å²) in [6, 6.07) is 26.3. The molecule has 0 saturated heterocycles. The molecule has 0 aliphatic heterocycles. The van der Waals surface area contributed by atoms with E-state index >= 15 is 0 Å². The topological polar surface area (TPSA) is 26.3 Å². The Kier molecular flexibility index (Phi) is 4.12. The summed E-state index contributed by atoms with van der Waals surface area (Å²) in [5.74, 6) is 0.209. The minimum absolute atomic E-state index is 0.181. The molecule has 0 fully saturated rings. The summed E-state index contributed by atoms with van der Waals surface area (Å²) in [6.45, 7) is 4.20. The summed E-state index contributed by atoms with van der Waals surface area (Å²) in [6.07, 6.45) is 0.715. The highest BCUT2D eigenvalue weighted by atomic mass is 16.5. The van der Waals surface area contributed by atoms with Gasteiger partial charge in [0.25, 0.3) is 0 Å². The lowest BCUT2D eigenvalue weighted by Crippen LogP contribution is -2.29. The van der Waals surface area contributed by atoms with Crippen LogP contribution in [0.1, 0.15) is 31.4 Å². The van der Waals surface area contributed by atoms with Crippen LogP contribution in [0.25, 0.3) is 11.1 Å². The van der Waals surface area contributed by atoms with Crippen molar-refractivity contribution in [1.29, 1.82) is 0 Å². The Labute approximate surface area is 154 Å². The second kappa shape index (κ2) is 6.45. The molecule has 0 radical (unpaired) electrons. The fraction of sp³-hybridized carbons (Fsp3) is 0.208. The summed E-state index contributed by atoms with van der Waals surface area (Å²) in [7, 11) is 0.